The zero-order chi connectivity index (χ0) is 18.1. The molecule has 0 fully saturated rings. The van der Waals surface area contributed by atoms with Gasteiger partial charge in [-0.1, -0.05) is 39.5 Å². The molecular weight excluding hydrogens is 518 g/mol. The molecule has 0 aliphatic carbocycles. The zero-order valence-electron chi connectivity index (χ0n) is 13.0. The molecule has 0 rings (SSSR count). The van der Waals surface area contributed by atoms with Gasteiger partial charge < -0.3 is 43.3 Å². The van der Waals surface area contributed by atoms with Crippen molar-refractivity contribution in [2.24, 2.45) is 0 Å². The Morgan fingerprint density at radius 3 is 1.26 bits per heavy atom. The van der Waals surface area contributed by atoms with Crippen LogP contribution in [0.5, 0.6) is 0 Å². The minimum atomic E-state index is -3.04. The third-order valence-corrected chi connectivity index (χ3v) is 4.26. The second-order valence-electron chi connectivity index (χ2n) is 3.98. The van der Waals surface area contributed by atoms with E-state index in [2.05, 4.69) is 74.5 Å². The summed E-state index contributed by atoms with van der Waals surface area (Å²) in [6, 6.07) is 0. The Hall–Kier alpha value is 2.55. The normalized spacial score (nSPS) is 14.7. The molecule has 138 valence electrons. The summed E-state index contributed by atoms with van der Waals surface area (Å²) in [5.41, 5.74) is -6.08. The van der Waals surface area contributed by atoms with E-state index in [0.717, 1.165) is 38.5 Å². The smallest absolute Gasteiger partial charge is 0.819 e. The van der Waals surface area contributed by atoms with E-state index in [1.165, 1.54) is 0 Å². The summed E-state index contributed by atoms with van der Waals surface area (Å²) in [6.45, 7) is 5.05. The van der Waals surface area contributed by atoms with Crippen molar-refractivity contribution in [3.05, 3.63) is 0 Å². The van der Waals surface area contributed by atoms with Gasteiger partial charge >= 0.3 is 21.1 Å². The van der Waals surface area contributed by atoms with Crippen molar-refractivity contribution in [2.45, 2.75) is 52.4 Å². The first-order valence-corrected chi connectivity index (χ1v) is 14.3. The van der Waals surface area contributed by atoms with Crippen molar-refractivity contribution in [1.82, 2.24) is 0 Å². The van der Waals surface area contributed by atoms with Crippen LogP contribution in [-0.4, -0.2) is 17.4 Å². The molecule has 23 heavy (non-hydrogen) atoms. The molecule has 0 radical (unpaired) electrons. The standard InChI is InChI=1S/2C5H13O2PS2.Mo.OS/c2*1-2-3-4-5-7-8(6,9)10;;1-2/h2*2-5H2,1H3,(H2,6,9,10);;/q;;+4;/p-4. The third-order valence-electron chi connectivity index (χ3n) is 1.99. The Labute approximate surface area is 180 Å². The van der Waals surface area contributed by atoms with Crippen molar-refractivity contribution in [3.8, 4) is 0 Å². The molecule has 0 spiro atoms. The Kier molecular flexibility index (Phi) is 32.6. The molecule has 0 saturated heterocycles. The Morgan fingerprint density at radius 2 is 1.09 bits per heavy atom. The maximum atomic E-state index is 10.6. The third kappa shape index (κ3) is 45.6. The van der Waals surface area contributed by atoms with Crippen LogP contribution >= 0.6 is 11.4 Å². The molecular formula is C10H22MoO5P2S5. The maximum absolute atomic E-state index is 10.6. The average Bonchev–Trinajstić information content (AvgIpc) is 2.41. The summed E-state index contributed by atoms with van der Waals surface area (Å²) >= 11 is 20.4. The van der Waals surface area contributed by atoms with Crippen LogP contribution in [0.2, 0.25) is 0 Å². The fourth-order valence-corrected chi connectivity index (χ4v) is 2.66. The Balaban J connectivity index is -0.000000136. The van der Waals surface area contributed by atoms with Crippen LogP contribution in [0.4, 0.5) is 0 Å². The minimum Gasteiger partial charge on any atom is -0.819 e. The largest absolute Gasteiger partial charge is 4.00 e. The maximum Gasteiger partial charge on any atom is 4.00 e. The van der Waals surface area contributed by atoms with E-state index in [4.69, 9.17) is 13.3 Å². The van der Waals surface area contributed by atoms with Gasteiger partial charge in [-0.25, -0.2) is 0 Å². The number of rotatable bonds is 10. The van der Waals surface area contributed by atoms with Gasteiger partial charge in [0, 0.05) is 13.2 Å². The molecule has 2 unspecified atom stereocenters. The molecule has 0 N–H and O–H groups in total. The monoisotopic (exact) mass is 542 g/mol. The van der Waals surface area contributed by atoms with Crippen LogP contribution in [0.15, 0.2) is 0 Å². The first kappa shape index (κ1) is 33.2. The summed E-state index contributed by atoms with van der Waals surface area (Å²) < 4.78 is 17.3. The summed E-state index contributed by atoms with van der Waals surface area (Å²) in [7, 11) is 0. The van der Waals surface area contributed by atoms with Crippen molar-refractivity contribution in [3.63, 3.8) is 0 Å². The van der Waals surface area contributed by atoms with Crippen LogP contribution in [0.1, 0.15) is 52.4 Å². The molecule has 0 heterocycles. The molecule has 0 saturated carbocycles. The molecule has 0 aromatic carbocycles. The second kappa shape index (κ2) is 22.6. The molecule has 0 aromatic heterocycles. The van der Waals surface area contributed by atoms with Gasteiger partial charge in [-0.05, 0) is 12.8 Å². The molecule has 0 amide bonds. The van der Waals surface area contributed by atoms with Gasteiger partial charge in [0.2, 0.25) is 0 Å². The van der Waals surface area contributed by atoms with Crippen LogP contribution < -0.4 is 9.79 Å². The molecule has 5 nitrogen and oxygen atoms in total. The first-order chi connectivity index (χ1) is 10.1. The van der Waals surface area contributed by atoms with Gasteiger partial charge in [-0.15, -0.1) is 35.0 Å². The fourth-order valence-electron chi connectivity index (χ4n) is 1.06. The molecule has 0 aromatic rings. The van der Waals surface area contributed by atoms with Crippen LogP contribution in [0.3, 0.4) is 0 Å². The van der Waals surface area contributed by atoms with Gasteiger partial charge in [0.1, 0.15) is 0 Å². The fraction of sp³-hybridized carbons (Fsp3) is 1.00. The second-order valence-corrected chi connectivity index (χ2v) is 13.4. The Bertz CT molecular complexity index is 299. The average molecular weight is 541 g/mol. The van der Waals surface area contributed by atoms with Crippen LogP contribution in [0.25, 0.3) is 0 Å². The van der Waals surface area contributed by atoms with Crippen LogP contribution in [-0.2, 0) is 90.8 Å². The molecule has 0 bridgehead atoms. The molecule has 0 aliphatic heterocycles. The number of hydrogen-bond acceptors (Lipinski definition) is 10. The van der Waals surface area contributed by atoms with E-state index in [9.17, 15) is 9.79 Å². The van der Waals surface area contributed by atoms with Crippen molar-refractivity contribution in [1.29, 1.82) is 0 Å². The summed E-state index contributed by atoms with van der Waals surface area (Å²) in [5.74, 6) is 0. The number of unbranched alkanes of at least 4 members (excludes halogenated alkanes) is 4. The van der Waals surface area contributed by atoms with E-state index in [-0.39, 0.29) is 21.1 Å². The SMILES string of the molecule is CCCCCOP([O-])(=S)[S-].CCCCCOP([O-])(=S)[S-].O=S.[Mo+4]. The van der Waals surface area contributed by atoms with Gasteiger partial charge in [0.15, 0.2) is 12.5 Å². The summed E-state index contributed by atoms with van der Waals surface area (Å²) in [5, 5.41) is 0. The van der Waals surface area contributed by atoms with Gasteiger partial charge in [0.05, 0.1) is 0 Å². The first-order valence-electron chi connectivity index (χ1n) is 6.62. The number of hydrogen-bond donors (Lipinski definition) is 0. The van der Waals surface area contributed by atoms with E-state index < -0.39 is 11.4 Å². The summed E-state index contributed by atoms with van der Waals surface area (Å²) in [6.07, 6.45) is 6.17. The Morgan fingerprint density at radius 1 is 0.826 bits per heavy atom. The quantitative estimate of drug-likeness (QED) is 0.178. The van der Waals surface area contributed by atoms with Crippen molar-refractivity contribution in [2.75, 3.05) is 13.2 Å². The van der Waals surface area contributed by atoms with Crippen LogP contribution in [0, 0.1) is 0 Å². The molecule has 13 heteroatoms. The summed E-state index contributed by atoms with van der Waals surface area (Å²) in [4.78, 5) is 21.2. The van der Waals surface area contributed by atoms with E-state index >= 15 is 0 Å². The van der Waals surface area contributed by atoms with Crippen molar-refractivity contribution < 1.29 is 44.1 Å². The predicted octanol–water partition coefficient (Wildman–Crippen LogP) is 2.31. The van der Waals surface area contributed by atoms with E-state index in [1.807, 2.05) is 0 Å². The van der Waals surface area contributed by atoms with Gasteiger partial charge in [-0.3, -0.25) is 0 Å². The molecule has 2 atom stereocenters. The zero-order valence-corrected chi connectivity index (χ0v) is 20.9. The topological polar surface area (TPSA) is 81.7 Å². The van der Waals surface area contributed by atoms with Crippen molar-refractivity contribution >= 4 is 72.0 Å². The van der Waals surface area contributed by atoms with E-state index in [1.54, 1.807) is 0 Å². The van der Waals surface area contributed by atoms with Gasteiger partial charge in [0.25, 0.3) is 0 Å². The van der Waals surface area contributed by atoms with Gasteiger partial charge in [-0.2, -0.15) is 4.21 Å². The molecule has 0 aliphatic rings. The van der Waals surface area contributed by atoms with E-state index in [0.29, 0.717) is 13.2 Å². The minimum absolute atomic E-state index is 0. The predicted molar refractivity (Wildman–Crippen MR) is 102 cm³/mol.